The van der Waals surface area contributed by atoms with Crippen molar-refractivity contribution in [2.75, 3.05) is 26.7 Å². The molecule has 0 spiro atoms. The number of morpholine rings is 1. The van der Waals surface area contributed by atoms with Gasteiger partial charge < -0.3 is 10.1 Å². The molecule has 100 valence electrons. The summed E-state index contributed by atoms with van der Waals surface area (Å²) in [5.41, 5.74) is 1.24. The highest BCUT2D eigenvalue weighted by molar-refractivity contribution is 5.17. The van der Waals surface area contributed by atoms with E-state index in [2.05, 4.69) is 35.1 Å². The average Bonchev–Trinajstić information content (AvgIpc) is 2.40. The molecule has 1 aromatic heterocycles. The van der Waals surface area contributed by atoms with Crippen LogP contribution < -0.4 is 5.32 Å². The van der Waals surface area contributed by atoms with Gasteiger partial charge in [-0.05, 0) is 32.5 Å². The van der Waals surface area contributed by atoms with E-state index in [4.69, 9.17) is 4.74 Å². The number of ether oxygens (including phenoxy) is 1. The number of hydrogen-bond donors (Lipinski definition) is 1. The molecule has 0 saturated carbocycles. The van der Waals surface area contributed by atoms with Gasteiger partial charge in [0.1, 0.15) is 0 Å². The van der Waals surface area contributed by atoms with Crippen molar-refractivity contribution in [3.63, 3.8) is 0 Å². The third kappa shape index (κ3) is 2.88. The van der Waals surface area contributed by atoms with E-state index in [1.165, 1.54) is 5.56 Å². The van der Waals surface area contributed by atoms with Crippen molar-refractivity contribution in [3.05, 3.63) is 30.1 Å². The van der Waals surface area contributed by atoms with Gasteiger partial charge in [-0.1, -0.05) is 6.07 Å². The molecule has 0 aromatic carbocycles. The fourth-order valence-corrected chi connectivity index (χ4v) is 2.66. The molecular formula is C14H23N3O. The van der Waals surface area contributed by atoms with Gasteiger partial charge in [0, 0.05) is 31.5 Å². The SMILES string of the molecule is CNCC1OCCN(C(C)C)C1c1cccnc1. The van der Waals surface area contributed by atoms with Gasteiger partial charge in [0.2, 0.25) is 0 Å². The van der Waals surface area contributed by atoms with Crippen LogP contribution in [0, 0.1) is 0 Å². The van der Waals surface area contributed by atoms with Crippen LogP contribution in [0.4, 0.5) is 0 Å². The summed E-state index contributed by atoms with van der Waals surface area (Å²) in [6.07, 6.45) is 3.97. The standard InChI is InChI=1S/C14H23N3O/c1-11(2)17-7-8-18-13(10-15-3)14(17)12-5-4-6-16-9-12/h4-6,9,11,13-15H,7-8,10H2,1-3H3. The number of nitrogens with one attached hydrogen (secondary N) is 1. The molecule has 4 nitrogen and oxygen atoms in total. The number of hydrogen-bond acceptors (Lipinski definition) is 4. The fourth-order valence-electron chi connectivity index (χ4n) is 2.66. The van der Waals surface area contributed by atoms with E-state index < -0.39 is 0 Å². The summed E-state index contributed by atoms with van der Waals surface area (Å²) in [6.45, 7) is 7.14. The molecule has 0 aliphatic carbocycles. The first kappa shape index (κ1) is 13.5. The van der Waals surface area contributed by atoms with Crippen molar-refractivity contribution < 1.29 is 4.74 Å². The maximum Gasteiger partial charge on any atom is 0.0897 e. The smallest absolute Gasteiger partial charge is 0.0897 e. The molecule has 0 radical (unpaired) electrons. The highest BCUT2D eigenvalue weighted by Gasteiger charge is 2.34. The van der Waals surface area contributed by atoms with Crippen LogP contribution >= 0.6 is 0 Å². The zero-order valence-electron chi connectivity index (χ0n) is 11.5. The molecule has 2 atom stereocenters. The number of aromatic nitrogens is 1. The van der Waals surface area contributed by atoms with Gasteiger partial charge >= 0.3 is 0 Å². The predicted octanol–water partition coefficient (Wildman–Crippen LogP) is 1.45. The maximum atomic E-state index is 5.93. The van der Waals surface area contributed by atoms with E-state index in [-0.39, 0.29) is 6.10 Å². The van der Waals surface area contributed by atoms with Crippen molar-refractivity contribution >= 4 is 0 Å². The fraction of sp³-hybridized carbons (Fsp3) is 0.643. The van der Waals surface area contributed by atoms with Gasteiger partial charge in [-0.2, -0.15) is 0 Å². The number of pyridine rings is 1. The number of rotatable bonds is 4. The molecular weight excluding hydrogens is 226 g/mol. The lowest BCUT2D eigenvalue weighted by molar-refractivity contribution is -0.0816. The Bertz CT molecular complexity index is 353. The predicted molar refractivity (Wildman–Crippen MR) is 72.5 cm³/mol. The van der Waals surface area contributed by atoms with Gasteiger partial charge in [-0.3, -0.25) is 9.88 Å². The second-order valence-electron chi connectivity index (χ2n) is 5.03. The molecule has 1 fully saturated rings. The third-order valence-electron chi connectivity index (χ3n) is 3.49. The molecule has 2 heterocycles. The lowest BCUT2D eigenvalue weighted by Crippen LogP contribution is -2.51. The Kier molecular flexibility index (Phi) is 4.69. The summed E-state index contributed by atoms with van der Waals surface area (Å²) in [5, 5.41) is 3.22. The summed E-state index contributed by atoms with van der Waals surface area (Å²) in [5.74, 6) is 0. The van der Waals surface area contributed by atoms with E-state index in [1.807, 2.05) is 25.5 Å². The summed E-state index contributed by atoms with van der Waals surface area (Å²) >= 11 is 0. The number of likely N-dealkylation sites (N-methyl/N-ethyl adjacent to an activating group) is 1. The first-order chi connectivity index (χ1) is 8.74. The molecule has 18 heavy (non-hydrogen) atoms. The summed E-state index contributed by atoms with van der Waals surface area (Å²) in [6, 6.07) is 4.95. The monoisotopic (exact) mass is 249 g/mol. The van der Waals surface area contributed by atoms with E-state index >= 15 is 0 Å². The minimum absolute atomic E-state index is 0.190. The van der Waals surface area contributed by atoms with Crippen LogP contribution in [-0.4, -0.2) is 48.8 Å². The van der Waals surface area contributed by atoms with Gasteiger partial charge in [-0.25, -0.2) is 0 Å². The Labute approximate surface area is 109 Å². The summed E-state index contributed by atoms with van der Waals surface area (Å²) < 4.78 is 5.93. The molecule has 1 aliphatic rings. The Morgan fingerprint density at radius 3 is 3.00 bits per heavy atom. The quantitative estimate of drug-likeness (QED) is 0.876. The first-order valence-corrected chi connectivity index (χ1v) is 6.66. The Morgan fingerprint density at radius 2 is 2.39 bits per heavy atom. The molecule has 0 bridgehead atoms. The van der Waals surface area contributed by atoms with Crippen LogP contribution in [-0.2, 0) is 4.74 Å². The maximum absolute atomic E-state index is 5.93. The Balaban J connectivity index is 2.26. The van der Waals surface area contributed by atoms with Gasteiger partial charge in [0.15, 0.2) is 0 Å². The minimum Gasteiger partial charge on any atom is -0.374 e. The van der Waals surface area contributed by atoms with Gasteiger partial charge in [-0.15, -0.1) is 0 Å². The van der Waals surface area contributed by atoms with Crippen LogP contribution in [0.2, 0.25) is 0 Å². The lowest BCUT2D eigenvalue weighted by Gasteiger charge is -2.43. The minimum atomic E-state index is 0.190. The third-order valence-corrected chi connectivity index (χ3v) is 3.49. The largest absolute Gasteiger partial charge is 0.374 e. The first-order valence-electron chi connectivity index (χ1n) is 6.66. The molecule has 2 unspecified atom stereocenters. The van der Waals surface area contributed by atoms with Crippen molar-refractivity contribution in [2.45, 2.75) is 32.0 Å². The molecule has 4 heteroatoms. The van der Waals surface area contributed by atoms with E-state index in [0.717, 1.165) is 19.7 Å². The number of nitrogens with zero attached hydrogens (tertiary/aromatic N) is 2. The van der Waals surface area contributed by atoms with E-state index in [1.54, 1.807) is 0 Å². The van der Waals surface area contributed by atoms with Gasteiger partial charge in [0.05, 0.1) is 18.8 Å². The van der Waals surface area contributed by atoms with Crippen molar-refractivity contribution in [2.24, 2.45) is 0 Å². The molecule has 0 amide bonds. The summed E-state index contributed by atoms with van der Waals surface area (Å²) in [4.78, 5) is 6.75. The van der Waals surface area contributed by atoms with Crippen molar-refractivity contribution in [1.82, 2.24) is 15.2 Å². The van der Waals surface area contributed by atoms with Crippen LogP contribution in [0.5, 0.6) is 0 Å². The highest BCUT2D eigenvalue weighted by Crippen LogP contribution is 2.30. The topological polar surface area (TPSA) is 37.4 Å². The second kappa shape index (κ2) is 6.27. The second-order valence-corrected chi connectivity index (χ2v) is 5.03. The van der Waals surface area contributed by atoms with E-state index in [9.17, 15) is 0 Å². The average molecular weight is 249 g/mol. The van der Waals surface area contributed by atoms with Crippen LogP contribution in [0.15, 0.2) is 24.5 Å². The van der Waals surface area contributed by atoms with Gasteiger partial charge in [0.25, 0.3) is 0 Å². The van der Waals surface area contributed by atoms with Crippen molar-refractivity contribution in [3.8, 4) is 0 Å². The Morgan fingerprint density at radius 1 is 1.56 bits per heavy atom. The molecule has 1 N–H and O–H groups in total. The lowest BCUT2D eigenvalue weighted by atomic mass is 9.98. The zero-order valence-corrected chi connectivity index (χ0v) is 11.5. The van der Waals surface area contributed by atoms with Crippen LogP contribution in [0.3, 0.4) is 0 Å². The van der Waals surface area contributed by atoms with E-state index in [0.29, 0.717) is 12.1 Å². The molecule has 2 rings (SSSR count). The van der Waals surface area contributed by atoms with Crippen LogP contribution in [0.1, 0.15) is 25.5 Å². The molecule has 1 aliphatic heterocycles. The summed E-state index contributed by atoms with van der Waals surface area (Å²) in [7, 11) is 1.97. The normalized spacial score (nSPS) is 25.6. The highest BCUT2D eigenvalue weighted by atomic mass is 16.5. The molecule has 1 aromatic rings. The van der Waals surface area contributed by atoms with Crippen molar-refractivity contribution in [1.29, 1.82) is 0 Å². The van der Waals surface area contributed by atoms with Crippen LogP contribution in [0.25, 0.3) is 0 Å². The zero-order chi connectivity index (χ0) is 13.0. The Hall–Kier alpha value is -0.970. The molecule has 1 saturated heterocycles.